The van der Waals surface area contributed by atoms with Crippen molar-refractivity contribution >= 4 is 12.6 Å². The van der Waals surface area contributed by atoms with E-state index >= 15 is 0 Å². The highest BCUT2D eigenvalue weighted by Gasteiger charge is 2.27. The molecule has 1 aliphatic carbocycles. The molecule has 0 heterocycles. The van der Waals surface area contributed by atoms with Gasteiger partial charge in [-0.3, -0.25) is 0 Å². The highest BCUT2D eigenvalue weighted by molar-refractivity contribution is 6.58. The van der Waals surface area contributed by atoms with Gasteiger partial charge in [0, 0.05) is 6.54 Å². The zero-order chi connectivity index (χ0) is 11.7. The summed E-state index contributed by atoms with van der Waals surface area (Å²) < 4.78 is 0. The van der Waals surface area contributed by atoms with Crippen molar-refractivity contribution in [2.75, 3.05) is 14.1 Å². The van der Waals surface area contributed by atoms with Crippen LogP contribution < -0.4 is 5.46 Å². The molecule has 0 aromatic heterocycles. The maximum Gasteiger partial charge on any atom is 0.488 e. The van der Waals surface area contributed by atoms with E-state index in [0.717, 1.165) is 6.54 Å². The molecule has 0 saturated heterocycles. The summed E-state index contributed by atoms with van der Waals surface area (Å²) in [6.07, 6.45) is 2.46. The van der Waals surface area contributed by atoms with Gasteiger partial charge in [0.2, 0.25) is 0 Å². The first-order valence-electron chi connectivity index (χ1n) is 5.71. The molecule has 1 fully saturated rings. The fraction of sp³-hybridized carbons (Fsp3) is 0.500. The van der Waals surface area contributed by atoms with Crippen molar-refractivity contribution in [2.24, 2.45) is 0 Å². The predicted octanol–water partition coefficient (Wildman–Crippen LogP) is 0.305. The Bertz CT molecular complexity index is 375. The molecule has 1 aliphatic rings. The molecule has 0 unspecified atom stereocenters. The average molecular weight is 219 g/mol. The Morgan fingerprint density at radius 3 is 2.50 bits per heavy atom. The van der Waals surface area contributed by atoms with E-state index < -0.39 is 7.12 Å². The Kier molecular flexibility index (Phi) is 3.33. The summed E-state index contributed by atoms with van der Waals surface area (Å²) in [6.45, 7) is 0.910. The SMILES string of the molecule is CN(C)Cc1ccc(B(O)O)cc1C1CC1. The van der Waals surface area contributed by atoms with Crippen LogP contribution in [-0.4, -0.2) is 36.2 Å². The van der Waals surface area contributed by atoms with Crippen molar-refractivity contribution in [1.29, 1.82) is 0 Å². The molecule has 0 radical (unpaired) electrons. The van der Waals surface area contributed by atoms with Gasteiger partial charge in [0.15, 0.2) is 0 Å². The molecular weight excluding hydrogens is 201 g/mol. The Morgan fingerprint density at radius 2 is 2.00 bits per heavy atom. The third kappa shape index (κ3) is 2.64. The number of rotatable bonds is 4. The summed E-state index contributed by atoms with van der Waals surface area (Å²) in [7, 11) is 2.74. The van der Waals surface area contributed by atoms with Crippen LogP contribution in [0, 0.1) is 0 Å². The van der Waals surface area contributed by atoms with E-state index in [0.29, 0.717) is 11.4 Å². The quantitative estimate of drug-likeness (QED) is 0.716. The minimum atomic E-state index is -1.36. The van der Waals surface area contributed by atoms with E-state index in [-0.39, 0.29) is 0 Å². The van der Waals surface area contributed by atoms with Crippen LogP contribution in [-0.2, 0) is 6.54 Å². The summed E-state index contributed by atoms with van der Waals surface area (Å²) in [5.41, 5.74) is 3.20. The highest BCUT2D eigenvalue weighted by Crippen LogP contribution is 2.41. The molecule has 0 spiro atoms. The third-order valence-corrected chi connectivity index (χ3v) is 2.97. The topological polar surface area (TPSA) is 43.7 Å². The van der Waals surface area contributed by atoms with E-state index in [1.54, 1.807) is 6.07 Å². The van der Waals surface area contributed by atoms with Gasteiger partial charge in [0.05, 0.1) is 0 Å². The van der Waals surface area contributed by atoms with E-state index in [9.17, 15) is 0 Å². The number of nitrogens with zero attached hydrogens (tertiary/aromatic N) is 1. The maximum atomic E-state index is 9.17. The first kappa shape index (κ1) is 11.6. The summed E-state index contributed by atoms with van der Waals surface area (Å²) in [4.78, 5) is 2.14. The molecule has 0 bridgehead atoms. The Morgan fingerprint density at radius 1 is 1.31 bits per heavy atom. The average Bonchev–Trinajstić information content (AvgIpc) is 3.00. The van der Waals surface area contributed by atoms with Crippen LogP contribution >= 0.6 is 0 Å². The second kappa shape index (κ2) is 4.57. The van der Waals surface area contributed by atoms with Crippen LogP contribution in [0.15, 0.2) is 18.2 Å². The van der Waals surface area contributed by atoms with Crippen molar-refractivity contribution in [3.05, 3.63) is 29.3 Å². The molecule has 3 nitrogen and oxygen atoms in total. The maximum absolute atomic E-state index is 9.17. The van der Waals surface area contributed by atoms with E-state index in [2.05, 4.69) is 4.90 Å². The van der Waals surface area contributed by atoms with Crippen LogP contribution in [0.1, 0.15) is 29.9 Å². The number of hydrogen-bond donors (Lipinski definition) is 2. The second-order valence-electron chi connectivity index (χ2n) is 4.84. The minimum absolute atomic E-state index is 0.601. The van der Waals surface area contributed by atoms with Crippen LogP contribution in [0.2, 0.25) is 0 Å². The van der Waals surface area contributed by atoms with Crippen molar-refractivity contribution in [3.8, 4) is 0 Å². The van der Waals surface area contributed by atoms with E-state index in [1.165, 1.54) is 24.0 Å². The van der Waals surface area contributed by atoms with Gasteiger partial charge in [0.25, 0.3) is 0 Å². The molecule has 0 atom stereocenters. The van der Waals surface area contributed by atoms with Gasteiger partial charge in [-0.05, 0) is 49.4 Å². The van der Waals surface area contributed by atoms with Gasteiger partial charge in [0.1, 0.15) is 0 Å². The molecule has 2 rings (SSSR count). The van der Waals surface area contributed by atoms with Gasteiger partial charge in [-0.25, -0.2) is 0 Å². The lowest BCUT2D eigenvalue weighted by Crippen LogP contribution is -2.30. The summed E-state index contributed by atoms with van der Waals surface area (Å²) in [6, 6.07) is 5.76. The van der Waals surface area contributed by atoms with Gasteiger partial charge in [-0.15, -0.1) is 0 Å². The largest absolute Gasteiger partial charge is 0.488 e. The molecule has 1 saturated carbocycles. The normalized spacial score (nSPS) is 15.6. The van der Waals surface area contributed by atoms with Gasteiger partial charge in [-0.1, -0.05) is 18.2 Å². The van der Waals surface area contributed by atoms with E-state index in [4.69, 9.17) is 10.0 Å². The molecule has 2 N–H and O–H groups in total. The van der Waals surface area contributed by atoms with Crippen molar-refractivity contribution in [2.45, 2.75) is 25.3 Å². The zero-order valence-electron chi connectivity index (χ0n) is 9.85. The Labute approximate surface area is 96.9 Å². The van der Waals surface area contributed by atoms with Gasteiger partial charge < -0.3 is 14.9 Å². The monoisotopic (exact) mass is 219 g/mol. The molecular formula is C12H18BNO2. The minimum Gasteiger partial charge on any atom is -0.423 e. The Balaban J connectivity index is 2.29. The lowest BCUT2D eigenvalue weighted by Gasteiger charge is -2.15. The predicted molar refractivity (Wildman–Crippen MR) is 65.6 cm³/mol. The standard InChI is InChI=1S/C12H18BNO2/c1-14(2)8-10-5-6-11(13(15)16)7-12(10)9-3-4-9/h5-7,9,15-16H,3-4,8H2,1-2H3. The fourth-order valence-electron chi connectivity index (χ4n) is 2.03. The Hall–Kier alpha value is -0.835. The van der Waals surface area contributed by atoms with Crippen molar-refractivity contribution in [1.82, 2.24) is 4.90 Å². The first-order chi connectivity index (χ1) is 7.58. The van der Waals surface area contributed by atoms with Crippen LogP contribution in [0.25, 0.3) is 0 Å². The lowest BCUT2D eigenvalue weighted by molar-refractivity contribution is 0.401. The summed E-state index contributed by atoms with van der Waals surface area (Å²) >= 11 is 0. The molecule has 0 aliphatic heterocycles. The van der Waals surface area contributed by atoms with Gasteiger partial charge in [-0.2, -0.15) is 0 Å². The van der Waals surface area contributed by atoms with Crippen LogP contribution in [0.5, 0.6) is 0 Å². The smallest absolute Gasteiger partial charge is 0.423 e. The van der Waals surface area contributed by atoms with Crippen molar-refractivity contribution < 1.29 is 10.0 Å². The molecule has 4 heteroatoms. The fourth-order valence-corrected chi connectivity index (χ4v) is 2.03. The molecule has 86 valence electrons. The first-order valence-corrected chi connectivity index (χ1v) is 5.71. The molecule has 16 heavy (non-hydrogen) atoms. The van der Waals surface area contributed by atoms with Crippen LogP contribution in [0.3, 0.4) is 0 Å². The molecule has 0 amide bonds. The van der Waals surface area contributed by atoms with E-state index in [1.807, 2.05) is 26.2 Å². The molecule has 1 aromatic rings. The summed E-state index contributed by atoms with van der Waals surface area (Å²) in [5.74, 6) is 0.633. The van der Waals surface area contributed by atoms with Crippen LogP contribution in [0.4, 0.5) is 0 Å². The second-order valence-corrected chi connectivity index (χ2v) is 4.84. The number of hydrogen-bond acceptors (Lipinski definition) is 3. The lowest BCUT2D eigenvalue weighted by atomic mass is 9.78. The number of benzene rings is 1. The van der Waals surface area contributed by atoms with Crippen molar-refractivity contribution in [3.63, 3.8) is 0 Å². The van der Waals surface area contributed by atoms with Gasteiger partial charge >= 0.3 is 7.12 Å². The molecule has 1 aromatic carbocycles. The summed E-state index contributed by atoms with van der Waals surface area (Å²) in [5, 5.41) is 18.3. The highest BCUT2D eigenvalue weighted by atomic mass is 16.4. The zero-order valence-corrected chi connectivity index (χ0v) is 9.85. The third-order valence-electron chi connectivity index (χ3n) is 2.97.